The number of carbonyl (C=O) groups excluding carboxylic acids is 3. The first-order valence-corrected chi connectivity index (χ1v) is 9.06. The molecule has 7 heteroatoms. The van der Waals surface area contributed by atoms with Crippen molar-refractivity contribution < 1.29 is 18.8 Å². The maximum absolute atomic E-state index is 12.9. The maximum atomic E-state index is 12.9. The Balaban J connectivity index is 1.95. The number of carbonyl (C=O) groups is 3. The Morgan fingerprint density at radius 3 is 2.48 bits per heavy atom. The Morgan fingerprint density at radius 2 is 1.88 bits per heavy atom. The van der Waals surface area contributed by atoms with Gasteiger partial charge in [0, 0.05) is 19.0 Å². The van der Waals surface area contributed by atoms with Crippen LogP contribution >= 0.6 is 11.8 Å². The third-order valence-corrected chi connectivity index (χ3v) is 4.94. The molecule has 1 aromatic carbocycles. The second-order valence-electron chi connectivity index (χ2n) is 5.69. The first-order chi connectivity index (χ1) is 12.0. The largest absolute Gasteiger partial charge is 0.354 e. The Bertz CT molecular complexity index is 684. The summed E-state index contributed by atoms with van der Waals surface area (Å²) in [6, 6.07) is 5.67. The maximum Gasteiger partial charge on any atom is 0.293 e. The van der Waals surface area contributed by atoms with Gasteiger partial charge in [-0.1, -0.05) is 26.0 Å². The van der Waals surface area contributed by atoms with Crippen LogP contribution in [0.2, 0.25) is 0 Å². The van der Waals surface area contributed by atoms with Crippen LogP contribution in [0.4, 0.5) is 9.18 Å². The van der Waals surface area contributed by atoms with Crippen LogP contribution in [-0.4, -0.2) is 35.0 Å². The van der Waals surface area contributed by atoms with Gasteiger partial charge < -0.3 is 5.32 Å². The lowest BCUT2D eigenvalue weighted by Crippen LogP contribution is -2.39. The second-order valence-corrected chi connectivity index (χ2v) is 6.68. The fourth-order valence-electron chi connectivity index (χ4n) is 2.50. The van der Waals surface area contributed by atoms with Crippen LogP contribution in [0.5, 0.6) is 0 Å². The summed E-state index contributed by atoms with van der Waals surface area (Å²) >= 11 is 0.847. The van der Waals surface area contributed by atoms with Crippen molar-refractivity contribution in [2.24, 2.45) is 5.92 Å². The molecule has 1 aromatic rings. The molecule has 1 fully saturated rings. The summed E-state index contributed by atoms with van der Waals surface area (Å²) in [5, 5.41) is 2.40. The molecule has 0 unspecified atom stereocenters. The number of hydrogen-bond donors (Lipinski definition) is 1. The van der Waals surface area contributed by atoms with Crippen molar-refractivity contribution in [3.05, 3.63) is 40.6 Å². The van der Waals surface area contributed by atoms with E-state index >= 15 is 0 Å². The van der Waals surface area contributed by atoms with Crippen molar-refractivity contribution in [3.63, 3.8) is 0 Å². The van der Waals surface area contributed by atoms with Gasteiger partial charge in [0.2, 0.25) is 5.91 Å². The van der Waals surface area contributed by atoms with Gasteiger partial charge in [-0.05, 0) is 48.4 Å². The highest BCUT2D eigenvalue weighted by atomic mass is 32.2. The van der Waals surface area contributed by atoms with Crippen molar-refractivity contribution in [1.29, 1.82) is 0 Å². The van der Waals surface area contributed by atoms with Gasteiger partial charge in [-0.2, -0.15) is 0 Å². The van der Waals surface area contributed by atoms with Crippen molar-refractivity contribution in [1.82, 2.24) is 10.2 Å². The second kappa shape index (κ2) is 8.80. The molecule has 3 amide bonds. The lowest BCUT2D eigenvalue weighted by atomic mass is 10.0. The quantitative estimate of drug-likeness (QED) is 0.753. The van der Waals surface area contributed by atoms with E-state index in [1.165, 1.54) is 12.1 Å². The van der Waals surface area contributed by atoms with Gasteiger partial charge in [-0.3, -0.25) is 19.3 Å². The van der Waals surface area contributed by atoms with Gasteiger partial charge in [0.1, 0.15) is 5.82 Å². The minimum atomic E-state index is -0.392. The average molecular weight is 364 g/mol. The Kier molecular flexibility index (Phi) is 6.75. The highest BCUT2D eigenvalue weighted by Crippen LogP contribution is 2.31. The van der Waals surface area contributed by atoms with E-state index < -0.39 is 5.91 Å². The molecule has 1 aliphatic heterocycles. The summed E-state index contributed by atoms with van der Waals surface area (Å²) in [4.78, 5) is 37.7. The van der Waals surface area contributed by atoms with Gasteiger partial charge in [0.25, 0.3) is 11.1 Å². The number of rotatable bonds is 7. The minimum absolute atomic E-state index is 0.0479. The van der Waals surface area contributed by atoms with Gasteiger partial charge in [0.15, 0.2) is 0 Å². The molecule has 0 aromatic heterocycles. The van der Waals surface area contributed by atoms with E-state index in [1.54, 1.807) is 18.2 Å². The number of nitrogens with one attached hydrogen (secondary N) is 1. The minimum Gasteiger partial charge on any atom is -0.354 e. The number of nitrogens with zero attached hydrogens (tertiary/aromatic N) is 1. The van der Waals surface area contributed by atoms with Gasteiger partial charge in [0.05, 0.1) is 4.91 Å². The zero-order chi connectivity index (χ0) is 18.4. The summed E-state index contributed by atoms with van der Waals surface area (Å²) in [5.74, 6) is -0.860. The number of imide groups is 1. The third-order valence-electron chi connectivity index (χ3n) is 4.03. The number of hydrogen-bond acceptors (Lipinski definition) is 4. The summed E-state index contributed by atoms with van der Waals surface area (Å²) in [6.07, 6.45) is 3.07. The molecule has 0 atom stereocenters. The third kappa shape index (κ3) is 4.92. The Morgan fingerprint density at radius 1 is 1.24 bits per heavy atom. The van der Waals surface area contributed by atoms with E-state index in [4.69, 9.17) is 0 Å². The van der Waals surface area contributed by atoms with Gasteiger partial charge in [-0.15, -0.1) is 0 Å². The van der Waals surface area contributed by atoms with E-state index in [0.717, 1.165) is 29.5 Å². The molecule has 25 heavy (non-hydrogen) atoms. The van der Waals surface area contributed by atoms with Crippen LogP contribution < -0.4 is 5.32 Å². The van der Waals surface area contributed by atoms with Gasteiger partial charge in [-0.25, -0.2) is 4.39 Å². The fourth-order valence-corrected chi connectivity index (χ4v) is 3.36. The SMILES string of the molecule is CCC(CC)C(=O)NCCN1C(=O)S/C(=C\c2ccc(F)cc2)C1=O. The molecular weight excluding hydrogens is 343 g/mol. The summed E-state index contributed by atoms with van der Waals surface area (Å²) < 4.78 is 12.9. The van der Waals surface area contributed by atoms with Crippen molar-refractivity contribution in [2.75, 3.05) is 13.1 Å². The molecule has 0 spiro atoms. The molecule has 1 aliphatic rings. The molecule has 0 bridgehead atoms. The first kappa shape index (κ1) is 19.2. The normalized spacial score (nSPS) is 16.2. The smallest absolute Gasteiger partial charge is 0.293 e. The zero-order valence-electron chi connectivity index (χ0n) is 14.3. The van der Waals surface area contributed by atoms with Crippen LogP contribution in [0.15, 0.2) is 29.2 Å². The van der Waals surface area contributed by atoms with Crippen LogP contribution in [0.3, 0.4) is 0 Å². The van der Waals surface area contributed by atoms with Crippen molar-refractivity contribution in [3.8, 4) is 0 Å². The molecule has 134 valence electrons. The lowest BCUT2D eigenvalue weighted by Gasteiger charge is -2.15. The zero-order valence-corrected chi connectivity index (χ0v) is 15.1. The first-order valence-electron chi connectivity index (χ1n) is 8.24. The lowest BCUT2D eigenvalue weighted by molar-refractivity contribution is -0.126. The number of benzene rings is 1. The van der Waals surface area contributed by atoms with E-state index in [1.807, 2.05) is 13.8 Å². The predicted octanol–water partition coefficient (Wildman–Crippen LogP) is 3.41. The van der Waals surface area contributed by atoms with Crippen LogP contribution in [0, 0.1) is 11.7 Å². The van der Waals surface area contributed by atoms with Crippen molar-refractivity contribution in [2.45, 2.75) is 26.7 Å². The van der Waals surface area contributed by atoms with Crippen LogP contribution in [0.1, 0.15) is 32.3 Å². The predicted molar refractivity (Wildman–Crippen MR) is 96.2 cm³/mol. The molecule has 1 saturated heterocycles. The Labute approximate surface area is 150 Å². The topological polar surface area (TPSA) is 66.5 Å². The van der Waals surface area contributed by atoms with E-state index in [0.29, 0.717) is 10.5 Å². The molecule has 5 nitrogen and oxygen atoms in total. The number of amides is 3. The molecular formula is C18H21FN2O3S. The molecule has 1 heterocycles. The van der Waals surface area contributed by atoms with Crippen LogP contribution in [-0.2, 0) is 9.59 Å². The van der Waals surface area contributed by atoms with E-state index in [9.17, 15) is 18.8 Å². The van der Waals surface area contributed by atoms with E-state index in [2.05, 4.69) is 5.32 Å². The Hall–Kier alpha value is -2.15. The monoisotopic (exact) mass is 364 g/mol. The standard InChI is InChI=1S/C18H21FN2O3S/c1-3-13(4-2)16(22)20-9-10-21-17(23)15(25-18(21)24)11-12-5-7-14(19)8-6-12/h5-8,11,13H,3-4,9-10H2,1-2H3,(H,20,22)/b15-11-. The molecule has 0 saturated carbocycles. The molecule has 1 N–H and O–H groups in total. The fraction of sp³-hybridized carbons (Fsp3) is 0.389. The number of thioether (sulfide) groups is 1. The molecule has 0 aliphatic carbocycles. The summed E-state index contributed by atoms with van der Waals surface area (Å²) in [6.45, 7) is 4.27. The van der Waals surface area contributed by atoms with E-state index in [-0.39, 0.29) is 36.0 Å². The molecule has 2 rings (SSSR count). The average Bonchev–Trinajstić information content (AvgIpc) is 2.85. The number of halogens is 1. The van der Waals surface area contributed by atoms with Gasteiger partial charge >= 0.3 is 0 Å². The molecule has 0 radical (unpaired) electrons. The highest BCUT2D eigenvalue weighted by Gasteiger charge is 2.34. The summed E-state index contributed by atoms with van der Waals surface area (Å²) in [5.41, 5.74) is 0.647. The van der Waals surface area contributed by atoms with Crippen molar-refractivity contribution >= 4 is 34.9 Å². The summed E-state index contributed by atoms with van der Waals surface area (Å²) in [7, 11) is 0. The van der Waals surface area contributed by atoms with Crippen LogP contribution in [0.25, 0.3) is 6.08 Å². The highest BCUT2D eigenvalue weighted by molar-refractivity contribution is 8.18.